The monoisotopic (exact) mass is 605 g/mol. The Morgan fingerprint density at radius 2 is 1.47 bits per heavy atom. The molecule has 3 aromatic carbocycles. The van der Waals surface area contributed by atoms with Crippen LogP contribution in [0.5, 0.6) is 5.75 Å². The van der Waals surface area contributed by atoms with Crippen molar-refractivity contribution in [1.82, 2.24) is 10.2 Å². The van der Waals surface area contributed by atoms with Gasteiger partial charge in [0.15, 0.2) is 0 Å². The molecule has 9 heteroatoms. The van der Waals surface area contributed by atoms with Crippen molar-refractivity contribution in [3.05, 3.63) is 89.5 Å². The fraction of sp³-hybridized carbons (Fsp3) is 0.412. The van der Waals surface area contributed by atoms with Gasteiger partial charge in [0.05, 0.1) is 17.2 Å². The first-order valence-corrected chi connectivity index (χ1v) is 16.5. The minimum atomic E-state index is -4.13. The number of hydrogen-bond acceptors (Lipinski definition) is 5. The van der Waals surface area contributed by atoms with Crippen LogP contribution in [0, 0.1) is 13.8 Å². The van der Waals surface area contributed by atoms with Crippen LogP contribution >= 0.6 is 0 Å². The van der Waals surface area contributed by atoms with Crippen molar-refractivity contribution in [3.63, 3.8) is 0 Å². The van der Waals surface area contributed by atoms with E-state index in [1.807, 2.05) is 45.0 Å². The molecule has 2 amide bonds. The Morgan fingerprint density at radius 1 is 0.884 bits per heavy atom. The number of nitrogens with zero attached hydrogens (tertiary/aromatic N) is 2. The summed E-state index contributed by atoms with van der Waals surface area (Å²) in [4.78, 5) is 29.2. The summed E-state index contributed by atoms with van der Waals surface area (Å²) in [6, 6.07) is 20.2. The van der Waals surface area contributed by atoms with Gasteiger partial charge in [-0.25, -0.2) is 8.42 Å². The summed E-state index contributed by atoms with van der Waals surface area (Å²) >= 11 is 0. The third-order valence-corrected chi connectivity index (χ3v) is 9.70. The molecule has 0 aromatic heterocycles. The summed E-state index contributed by atoms with van der Waals surface area (Å²) < 4.78 is 34.7. The van der Waals surface area contributed by atoms with E-state index in [1.165, 1.54) is 4.90 Å². The van der Waals surface area contributed by atoms with Gasteiger partial charge in [-0.1, -0.05) is 66.8 Å². The summed E-state index contributed by atoms with van der Waals surface area (Å²) in [5, 5.41) is 3.13. The highest BCUT2D eigenvalue weighted by atomic mass is 32.2. The smallest absolute Gasteiger partial charge is 0.264 e. The minimum Gasteiger partial charge on any atom is -0.494 e. The minimum absolute atomic E-state index is 0.0768. The van der Waals surface area contributed by atoms with Crippen LogP contribution in [-0.2, 0) is 26.2 Å². The van der Waals surface area contributed by atoms with E-state index in [1.54, 1.807) is 55.5 Å². The SMILES string of the molecule is CCOc1ccc(N(CC(=O)N(Cc2ccc(C)cc2)[C@H](C)C(=O)NC2CCCCC2)S(=O)(=O)c2ccc(C)cc2)cc1. The zero-order valence-electron chi connectivity index (χ0n) is 25.6. The summed E-state index contributed by atoms with van der Waals surface area (Å²) in [6.07, 6.45) is 5.14. The molecule has 0 bridgehead atoms. The van der Waals surface area contributed by atoms with Gasteiger partial charge < -0.3 is 15.0 Å². The van der Waals surface area contributed by atoms with E-state index in [4.69, 9.17) is 4.74 Å². The van der Waals surface area contributed by atoms with E-state index in [0.717, 1.165) is 53.1 Å². The molecular weight excluding hydrogens is 562 g/mol. The van der Waals surface area contributed by atoms with Gasteiger partial charge in [0.25, 0.3) is 10.0 Å². The molecule has 230 valence electrons. The second-order valence-corrected chi connectivity index (χ2v) is 13.1. The molecular formula is C34H43N3O5S. The van der Waals surface area contributed by atoms with Gasteiger partial charge >= 0.3 is 0 Å². The fourth-order valence-electron chi connectivity index (χ4n) is 5.28. The highest BCUT2D eigenvalue weighted by Gasteiger charge is 2.33. The van der Waals surface area contributed by atoms with Crippen molar-refractivity contribution in [2.75, 3.05) is 17.5 Å². The second kappa shape index (κ2) is 14.6. The largest absolute Gasteiger partial charge is 0.494 e. The molecule has 1 aliphatic rings. The van der Waals surface area contributed by atoms with Crippen LogP contribution in [0.1, 0.15) is 62.6 Å². The van der Waals surface area contributed by atoms with Gasteiger partial charge in [-0.05, 0) is 82.5 Å². The molecule has 1 saturated carbocycles. The molecule has 1 fully saturated rings. The maximum atomic E-state index is 14.2. The van der Waals surface area contributed by atoms with E-state index >= 15 is 0 Å². The van der Waals surface area contributed by atoms with Crippen molar-refractivity contribution in [1.29, 1.82) is 0 Å². The Kier molecular flexibility index (Phi) is 10.9. The molecule has 0 unspecified atom stereocenters. The Labute approximate surface area is 256 Å². The number of rotatable bonds is 12. The molecule has 0 heterocycles. The van der Waals surface area contributed by atoms with E-state index < -0.39 is 28.5 Å². The number of carbonyl (C=O) groups excluding carboxylic acids is 2. The standard InChI is InChI=1S/C34H43N3O5S/c1-5-42-31-19-17-30(18-20-31)37(43(40,41)32-21-13-26(3)14-22-32)24-33(38)36(23-28-15-11-25(2)12-16-28)27(4)34(39)35-29-9-7-6-8-10-29/h11-22,27,29H,5-10,23-24H2,1-4H3,(H,35,39)/t27-/m1/s1. The van der Waals surface area contributed by atoms with Crippen LogP contribution < -0.4 is 14.4 Å². The maximum Gasteiger partial charge on any atom is 0.264 e. The molecule has 1 N–H and O–H groups in total. The van der Waals surface area contributed by atoms with E-state index in [0.29, 0.717) is 18.0 Å². The number of aryl methyl sites for hydroxylation is 2. The lowest BCUT2D eigenvalue weighted by Gasteiger charge is -2.33. The summed E-state index contributed by atoms with van der Waals surface area (Å²) in [6.45, 7) is 7.61. The van der Waals surface area contributed by atoms with Crippen LogP contribution in [0.3, 0.4) is 0 Å². The first kappa shape index (κ1) is 32.1. The summed E-state index contributed by atoms with van der Waals surface area (Å²) in [5.74, 6) is -0.114. The second-order valence-electron chi connectivity index (χ2n) is 11.3. The Bertz CT molecular complexity index is 1470. The number of ether oxygens (including phenoxy) is 1. The Morgan fingerprint density at radius 3 is 2.05 bits per heavy atom. The predicted molar refractivity (Wildman–Crippen MR) is 170 cm³/mol. The third kappa shape index (κ3) is 8.38. The molecule has 1 atom stereocenters. The van der Waals surface area contributed by atoms with E-state index in [-0.39, 0.29) is 23.4 Å². The average Bonchev–Trinajstić information content (AvgIpc) is 3.00. The first-order valence-electron chi connectivity index (χ1n) is 15.1. The molecule has 8 nitrogen and oxygen atoms in total. The van der Waals surface area contributed by atoms with Crippen LogP contribution in [0.15, 0.2) is 77.7 Å². The number of amides is 2. The van der Waals surface area contributed by atoms with Crippen LogP contribution in [0.25, 0.3) is 0 Å². The van der Waals surface area contributed by atoms with Gasteiger partial charge in [-0.15, -0.1) is 0 Å². The lowest BCUT2D eigenvalue weighted by molar-refractivity contribution is -0.139. The number of hydrogen-bond donors (Lipinski definition) is 1. The number of nitrogens with one attached hydrogen (secondary N) is 1. The predicted octanol–water partition coefficient (Wildman–Crippen LogP) is 5.76. The van der Waals surface area contributed by atoms with Gasteiger partial charge in [0, 0.05) is 12.6 Å². The summed E-state index contributed by atoms with van der Waals surface area (Å²) in [7, 11) is -4.13. The number of sulfonamides is 1. The third-order valence-electron chi connectivity index (χ3n) is 7.92. The van der Waals surface area contributed by atoms with Gasteiger partial charge in [-0.2, -0.15) is 0 Å². The number of benzene rings is 3. The zero-order chi connectivity index (χ0) is 31.0. The lowest BCUT2D eigenvalue weighted by Crippen LogP contribution is -2.53. The van der Waals surface area contributed by atoms with Gasteiger partial charge in [0.2, 0.25) is 11.8 Å². The van der Waals surface area contributed by atoms with Crippen molar-refractivity contribution < 1.29 is 22.7 Å². The van der Waals surface area contributed by atoms with Gasteiger partial charge in [0.1, 0.15) is 18.3 Å². The molecule has 0 aliphatic heterocycles. The van der Waals surface area contributed by atoms with Crippen LogP contribution in [0.2, 0.25) is 0 Å². The van der Waals surface area contributed by atoms with Crippen molar-refractivity contribution in [2.24, 2.45) is 0 Å². The molecule has 0 saturated heterocycles. The molecule has 3 aromatic rings. The molecule has 43 heavy (non-hydrogen) atoms. The molecule has 0 spiro atoms. The first-order chi connectivity index (χ1) is 20.6. The van der Waals surface area contributed by atoms with Crippen molar-refractivity contribution in [3.8, 4) is 5.75 Å². The zero-order valence-corrected chi connectivity index (χ0v) is 26.4. The van der Waals surface area contributed by atoms with Gasteiger partial charge in [-0.3, -0.25) is 13.9 Å². The molecule has 4 rings (SSSR count). The van der Waals surface area contributed by atoms with E-state index in [2.05, 4.69) is 5.32 Å². The molecule has 1 aliphatic carbocycles. The lowest BCUT2D eigenvalue weighted by atomic mass is 9.95. The Hall–Kier alpha value is -3.85. The maximum absolute atomic E-state index is 14.2. The topological polar surface area (TPSA) is 96.0 Å². The molecule has 0 radical (unpaired) electrons. The van der Waals surface area contributed by atoms with Crippen molar-refractivity contribution in [2.45, 2.75) is 83.3 Å². The highest BCUT2D eigenvalue weighted by Crippen LogP contribution is 2.27. The highest BCUT2D eigenvalue weighted by molar-refractivity contribution is 7.92. The van der Waals surface area contributed by atoms with Crippen molar-refractivity contribution >= 4 is 27.5 Å². The van der Waals surface area contributed by atoms with Crippen LogP contribution in [0.4, 0.5) is 5.69 Å². The van der Waals surface area contributed by atoms with Crippen LogP contribution in [-0.4, -0.2) is 50.4 Å². The van der Waals surface area contributed by atoms with E-state index in [9.17, 15) is 18.0 Å². The normalized spacial score (nSPS) is 14.5. The fourth-order valence-corrected chi connectivity index (χ4v) is 6.70. The summed E-state index contributed by atoms with van der Waals surface area (Å²) in [5.41, 5.74) is 3.18. The quantitative estimate of drug-likeness (QED) is 0.283. The average molecular weight is 606 g/mol. The number of carbonyl (C=O) groups is 2. The number of anilines is 1. The Balaban J connectivity index is 1.67.